The molecule has 0 saturated heterocycles. The number of methoxy groups -OCH3 is 2. The van der Waals surface area contributed by atoms with E-state index in [0.29, 0.717) is 40.7 Å². The summed E-state index contributed by atoms with van der Waals surface area (Å²) < 4.78 is 21.8. The zero-order valence-corrected chi connectivity index (χ0v) is 14.5. The van der Waals surface area contributed by atoms with Gasteiger partial charge in [-0.1, -0.05) is 6.07 Å². The van der Waals surface area contributed by atoms with Crippen LogP contribution in [0, 0.1) is 0 Å². The van der Waals surface area contributed by atoms with Crippen molar-refractivity contribution in [2.75, 3.05) is 27.4 Å². The summed E-state index contributed by atoms with van der Waals surface area (Å²) in [6.07, 6.45) is 1.81. The van der Waals surface area contributed by atoms with Gasteiger partial charge in [-0.3, -0.25) is 4.79 Å². The van der Waals surface area contributed by atoms with Gasteiger partial charge in [-0.25, -0.2) is 0 Å². The molecule has 0 bridgehead atoms. The number of hydrogen-bond donors (Lipinski definition) is 0. The second-order valence-electron chi connectivity index (χ2n) is 5.49. The number of carbonyl (C=O) groups is 1. The third-order valence-electron chi connectivity index (χ3n) is 3.93. The van der Waals surface area contributed by atoms with E-state index in [1.165, 1.54) is 0 Å². The molecule has 0 N–H and O–H groups in total. The summed E-state index contributed by atoms with van der Waals surface area (Å²) in [6.45, 7) is 2.67. The highest BCUT2D eigenvalue weighted by atomic mass is 16.5. The highest BCUT2D eigenvalue weighted by Gasteiger charge is 2.24. The Morgan fingerprint density at radius 2 is 1.92 bits per heavy atom. The lowest BCUT2D eigenvalue weighted by Gasteiger charge is -2.19. The Morgan fingerprint density at radius 3 is 2.64 bits per heavy atom. The molecular weight excluding hydrogens is 320 g/mol. The Morgan fingerprint density at radius 1 is 1.08 bits per heavy atom. The lowest BCUT2D eigenvalue weighted by Crippen LogP contribution is -2.19. The largest absolute Gasteiger partial charge is 0.497 e. The maximum atomic E-state index is 12.8. The predicted molar refractivity (Wildman–Crippen MR) is 95.0 cm³/mol. The smallest absolute Gasteiger partial charge is 0.196 e. The molecule has 0 unspecified atom stereocenters. The topological polar surface area (TPSA) is 54.0 Å². The molecule has 1 heterocycles. The Bertz CT molecular complexity index is 823. The molecule has 0 saturated carbocycles. The van der Waals surface area contributed by atoms with Crippen LogP contribution in [0.2, 0.25) is 0 Å². The summed E-state index contributed by atoms with van der Waals surface area (Å²) in [5.74, 6) is 2.44. The van der Waals surface area contributed by atoms with Crippen LogP contribution in [0.15, 0.2) is 42.0 Å². The summed E-state index contributed by atoms with van der Waals surface area (Å²) in [5, 5.41) is 0. The molecule has 0 fully saturated rings. The van der Waals surface area contributed by atoms with Gasteiger partial charge in [0.15, 0.2) is 17.3 Å². The van der Waals surface area contributed by atoms with Crippen molar-refractivity contribution >= 4 is 11.9 Å². The fraction of sp³-hybridized carbons (Fsp3) is 0.250. The summed E-state index contributed by atoms with van der Waals surface area (Å²) in [5.41, 5.74) is 1.94. The lowest BCUT2D eigenvalue weighted by molar-refractivity contribution is 0.100. The van der Waals surface area contributed by atoms with E-state index in [0.717, 1.165) is 5.56 Å². The normalized spacial score (nSPS) is 14.7. The molecule has 0 atom stereocenters. The van der Waals surface area contributed by atoms with Crippen molar-refractivity contribution < 1.29 is 23.7 Å². The molecule has 0 amide bonds. The third kappa shape index (κ3) is 3.45. The van der Waals surface area contributed by atoms with Crippen molar-refractivity contribution in [2.24, 2.45) is 0 Å². The maximum Gasteiger partial charge on any atom is 0.196 e. The number of rotatable bonds is 5. The first-order valence-electron chi connectivity index (χ1n) is 8.03. The summed E-state index contributed by atoms with van der Waals surface area (Å²) >= 11 is 0. The zero-order chi connectivity index (χ0) is 17.8. The van der Waals surface area contributed by atoms with Gasteiger partial charge < -0.3 is 18.9 Å². The van der Waals surface area contributed by atoms with Gasteiger partial charge >= 0.3 is 0 Å². The van der Waals surface area contributed by atoms with Crippen molar-refractivity contribution in [3.63, 3.8) is 0 Å². The first-order chi connectivity index (χ1) is 12.2. The van der Waals surface area contributed by atoms with Crippen LogP contribution in [0.25, 0.3) is 6.08 Å². The lowest BCUT2D eigenvalue weighted by atomic mass is 9.98. The fourth-order valence-corrected chi connectivity index (χ4v) is 2.69. The van der Waals surface area contributed by atoms with Gasteiger partial charge in [0, 0.05) is 5.57 Å². The van der Waals surface area contributed by atoms with Crippen LogP contribution >= 0.6 is 0 Å². The molecular formula is C20H20O5. The molecule has 25 heavy (non-hydrogen) atoms. The van der Waals surface area contributed by atoms with E-state index in [1.54, 1.807) is 32.4 Å². The minimum atomic E-state index is -0.0612. The molecule has 5 heteroatoms. The van der Waals surface area contributed by atoms with E-state index in [1.807, 2.05) is 31.2 Å². The SMILES string of the molecule is CCOc1cc(/C=C2/COc3ccc(OC)cc3C2=O)ccc1OC. The third-order valence-corrected chi connectivity index (χ3v) is 3.93. The zero-order valence-electron chi connectivity index (χ0n) is 14.5. The Labute approximate surface area is 146 Å². The van der Waals surface area contributed by atoms with Crippen LogP contribution in [0.3, 0.4) is 0 Å². The number of carbonyl (C=O) groups excluding carboxylic acids is 1. The molecule has 2 aromatic rings. The predicted octanol–water partition coefficient (Wildman–Crippen LogP) is 3.76. The van der Waals surface area contributed by atoms with Crippen LogP contribution in [0.1, 0.15) is 22.8 Å². The summed E-state index contributed by atoms with van der Waals surface area (Å²) in [7, 11) is 3.16. The van der Waals surface area contributed by atoms with Crippen LogP contribution in [-0.4, -0.2) is 33.2 Å². The number of hydrogen-bond acceptors (Lipinski definition) is 5. The Balaban J connectivity index is 1.94. The van der Waals surface area contributed by atoms with E-state index in [-0.39, 0.29) is 12.4 Å². The second-order valence-corrected chi connectivity index (χ2v) is 5.49. The van der Waals surface area contributed by atoms with Gasteiger partial charge in [0.1, 0.15) is 18.1 Å². The van der Waals surface area contributed by atoms with Gasteiger partial charge in [0.05, 0.1) is 26.4 Å². The van der Waals surface area contributed by atoms with Gasteiger partial charge in [0.25, 0.3) is 0 Å². The van der Waals surface area contributed by atoms with Crippen LogP contribution < -0.4 is 18.9 Å². The van der Waals surface area contributed by atoms with Crippen molar-refractivity contribution in [1.82, 2.24) is 0 Å². The standard InChI is InChI=1S/C20H20O5/c1-4-24-19-10-13(5-7-18(19)23-3)9-14-12-25-17-8-6-15(22-2)11-16(17)20(14)21/h5-11H,4,12H2,1-3H3/b14-9-. The van der Waals surface area contributed by atoms with Gasteiger partial charge in [-0.05, 0) is 48.9 Å². The highest BCUT2D eigenvalue weighted by molar-refractivity contribution is 6.14. The van der Waals surface area contributed by atoms with E-state index >= 15 is 0 Å². The summed E-state index contributed by atoms with van der Waals surface area (Å²) in [4.78, 5) is 12.8. The minimum Gasteiger partial charge on any atom is -0.497 e. The van der Waals surface area contributed by atoms with Crippen molar-refractivity contribution in [3.8, 4) is 23.0 Å². The number of ketones is 1. The quantitative estimate of drug-likeness (QED) is 0.776. The van der Waals surface area contributed by atoms with Crippen molar-refractivity contribution in [3.05, 3.63) is 53.1 Å². The highest BCUT2D eigenvalue weighted by Crippen LogP contribution is 2.33. The van der Waals surface area contributed by atoms with Crippen LogP contribution in [-0.2, 0) is 0 Å². The number of benzene rings is 2. The van der Waals surface area contributed by atoms with E-state index in [9.17, 15) is 4.79 Å². The minimum absolute atomic E-state index is 0.0612. The molecule has 0 aromatic heterocycles. The van der Waals surface area contributed by atoms with Crippen molar-refractivity contribution in [2.45, 2.75) is 6.92 Å². The molecule has 130 valence electrons. The number of Topliss-reactive ketones (excluding diaryl/α,β-unsaturated/α-hetero) is 1. The van der Waals surface area contributed by atoms with Crippen LogP contribution in [0.4, 0.5) is 0 Å². The first-order valence-corrected chi connectivity index (χ1v) is 8.03. The first kappa shape index (κ1) is 16.9. The van der Waals surface area contributed by atoms with Gasteiger partial charge in [0.2, 0.25) is 0 Å². The van der Waals surface area contributed by atoms with E-state index in [2.05, 4.69) is 0 Å². The average Bonchev–Trinajstić information content (AvgIpc) is 2.64. The molecule has 3 rings (SSSR count). The molecule has 0 spiro atoms. The maximum absolute atomic E-state index is 12.8. The average molecular weight is 340 g/mol. The van der Waals surface area contributed by atoms with Gasteiger partial charge in [-0.15, -0.1) is 0 Å². The van der Waals surface area contributed by atoms with Gasteiger partial charge in [-0.2, -0.15) is 0 Å². The molecule has 1 aliphatic rings. The monoisotopic (exact) mass is 340 g/mol. The fourth-order valence-electron chi connectivity index (χ4n) is 2.69. The number of ether oxygens (including phenoxy) is 4. The summed E-state index contributed by atoms with van der Waals surface area (Å²) in [6, 6.07) is 10.8. The Hall–Kier alpha value is -2.95. The second kappa shape index (κ2) is 7.30. The van der Waals surface area contributed by atoms with Crippen molar-refractivity contribution in [1.29, 1.82) is 0 Å². The Kier molecular flexibility index (Phi) is 4.93. The van der Waals surface area contributed by atoms with E-state index < -0.39 is 0 Å². The molecule has 5 nitrogen and oxygen atoms in total. The molecule has 0 radical (unpaired) electrons. The van der Waals surface area contributed by atoms with Crippen LogP contribution in [0.5, 0.6) is 23.0 Å². The van der Waals surface area contributed by atoms with E-state index in [4.69, 9.17) is 18.9 Å². The molecule has 2 aromatic carbocycles. The molecule has 1 aliphatic heterocycles. The number of fused-ring (bicyclic) bond motifs is 1. The molecule has 0 aliphatic carbocycles.